The standard InChI is InChI=1S/C17H27NS/c1-6-9-18-16-12(2)19-11-13-7-8-14(10-15(13)16)17(3,4)5/h7-8,10,12,16,18H,6,9,11H2,1-5H3. The molecule has 0 saturated heterocycles. The van der Waals surface area contributed by atoms with Gasteiger partial charge in [0.1, 0.15) is 0 Å². The van der Waals surface area contributed by atoms with Crippen molar-refractivity contribution < 1.29 is 0 Å². The molecule has 1 aromatic carbocycles. The first-order valence-corrected chi connectivity index (χ1v) is 8.46. The van der Waals surface area contributed by atoms with Gasteiger partial charge in [0.05, 0.1) is 0 Å². The van der Waals surface area contributed by atoms with Crippen LogP contribution in [0, 0.1) is 0 Å². The third-order valence-electron chi connectivity index (χ3n) is 3.93. The van der Waals surface area contributed by atoms with Crippen molar-refractivity contribution in [3.63, 3.8) is 0 Å². The molecular weight excluding hydrogens is 250 g/mol. The molecule has 0 radical (unpaired) electrons. The maximum Gasteiger partial charge on any atom is 0.0441 e. The molecule has 1 aromatic rings. The van der Waals surface area contributed by atoms with E-state index in [0.29, 0.717) is 11.3 Å². The second-order valence-electron chi connectivity index (χ2n) is 6.61. The Morgan fingerprint density at radius 3 is 2.68 bits per heavy atom. The van der Waals surface area contributed by atoms with E-state index in [4.69, 9.17) is 0 Å². The first-order chi connectivity index (χ1) is 8.93. The predicted octanol–water partition coefficient (Wildman–Crippen LogP) is 4.66. The van der Waals surface area contributed by atoms with Crippen molar-refractivity contribution in [1.29, 1.82) is 0 Å². The quantitative estimate of drug-likeness (QED) is 0.862. The average molecular weight is 277 g/mol. The predicted molar refractivity (Wildman–Crippen MR) is 86.9 cm³/mol. The minimum Gasteiger partial charge on any atom is -0.309 e. The largest absolute Gasteiger partial charge is 0.309 e. The highest BCUT2D eigenvalue weighted by atomic mass is 32.2. The zero-order valence-corrected chi connectivity index (χ0v) is 13.7. The fraction of sp³-hybridized carbons (Fsp3) is 0.647. The Kier molecular flexibility index (Phi) is 4.62. The molecular formula is C17H27NS. The van der Waals surface area contributed by atoms with E-state index in [1.54, 1.807) is 0 Å². The summed E-state index contributed by atoms with van der Waals surface area (Å²) in [6.45, 7) is 12.6. The number of nitrogens with one attached hydrogen (secondary N) is 1. The molecule has 0 aromatic heterocycles. The first-order valence-electron chi connectivity index (χ1n) is 7.41. The number of benzene rings is 1. The highest BCUT2D eigenvalue weighted by molar-refractivity contribution is 7.99. The maximum atomic E-state index is 3.74. The molecule has 2 atom stereocenters. The minimum absolute atomic E-state index is 0.234. The molecule has 0 amide bonds. The van der Waals surface area contributed by atoms with Crippen LogP contribution in [0.5, 0.6) is 0 Å². The molecule has 2 unspecified atom stereocenters. The highest BCUT2D eigenvalue weighted by Crippen LogP contribution is 2.39. The van der Waals surface area contributed by atoms with Crippen molar-refractivity contribution in [3.05, 3.63) is 34.9 Å². The Bertz CT molecular complexity index is 433. The van der Waals surface area contributed by atoms with Crippen LogP contribution in [0.15, 0.2) is 18.2 Å². The fourth-order valence-electron chi connectivity index (χ4n) is 2.63. The van der Waals surface area contributed by atoms with Gasteiger partial charge in [-0.2, -0.15) is 11.8 Å². The third kappa shape index (κ3) is 3.35. The van der Waals surface area contributed by atoms with Crippen LogP contribution in [0.3, 0.4) is 0 Å². The molecule has 0 saturated carbocycles. The van der Waals surface area contributed by atoms with E-state index in [0.717, 1.165) is 12.3 Å². The lowest BCUT2D eigenvalue weighted by molar-refractivity contribution is 0.517. The van der Waals surface area contributed by atoms with Gasteiger partial charge in [0.25, 0.3) is 0 Å². The molecule has 2 rings (SSSR count). The first kappa shape index (κ1) is 14.9. The van der Waals surface area contributed by atoms with Gasteiger partial charge in [-0.3, -0.25) is 0 Å². The average Bonchev–Trinajstić information content (AvgIpc) is 2.36. The van der Waals surface area contributed by atoms with E-state index >= 15 is 0 Å². The molecule has 0 fully saturated rings. The number of rotatable bonds is 3. The maximum absolute atomic E-state index is 3.74. The lowest BCUT2D eigenvalue weighted by atomic mass is 9.83. The van der Waals surface area contributed by atoms with Crippen molar-refractivity contribution in [1.82, 2.24) is 5.32 Å². The van der Waals surface area contributed by atoms with Crippen molar-refractivity contribution in [2.75, 3.05) is 6.54 Å². The van der Waals surface area contributed by atoms with Gasteiger partial charge in [-0.1, -0.05) is 52.8 Å². The van der Waals surface area contributed by atoms with Crippen molar-refractivity contribution in [2.45, 2.75) is 63.5 Å². The molecule has 0 spiro atoms. The van der Waals surface area contributed by atoms with E-state index in [9.17, 15) is 0 Å². The summed E-state index contributed by atoms with van der Waals surface area (Å²) in [5.41, 5.74) is 4.74. The monoisotopic (exact) mass is 277 g/mol. The van der Waals surface area contributed by atoms with Crippen LogP contribution in [0.1, 0.15) is 63.8 Å². The fourth-order valence-corrected chi connectivity index (χ4v) is 3.77. The van der Waals surface area contributed by atoms with Crippen LogP contribution in [0.25, 0.3) is 0 Å². The van der Waals surface area contributed by atoms with E-state index in [1.165, 1.54) is 23.1 Å². The van der Waals surface area contributed by atoms with Gasteiger partial charge < -0.3 is 5.32 Å². The van der Waals surface area contributed by atoms with E-state index in [2.05, 4.69) is 69.9 Å². The van der Waals surface area contributed by atoms with Crippen LogP contribution >= 0.6 is 11.8 Å². The zero-order valence-electron chi connectivity index (χ0n) is 12.9. The van der Waals surface area contributed by atoms with Crippen LogP contribution in [-0.2, 0) is 11.2 Å². The highest BCUT2D eigenvalue weighted by Gasteiger charge is 2.27. The Morgan fingerprint density at radius 1 is 1.32 bits per heavy atom. The van der Waals surface area contributed by atoms with Gasteiger partial charge in [0.2, 0.25) is 0 Å². The molecule has 1 heterocycles. The van der Waals surface area contributed by atoms with Gasteiger partial charge in [-0.15, -0.1) is 0 Å². The normalized spacial score (nSPS) is 23.2. The summed E-state index contributed by atoms with van der Waals surface area (Å²) in [4.78, 5) is 0. The van der Waals surface area contributed by atoms with Gasteiger partial charge in [-0.25, -0.2) is 0 Å². The topological polar surface area (TPSA) is 12.0 Å². The second-order valence-corrected chi connectivity index (χ2v) is 7.98. The lowest BCUT2D eigenvalue weighted by Crippen LogP contribution is -2.32. The molecule has 0 aliphatic carbocycles. The van der Waals surface area contributed by atoms with E-state index in [1.807, 2.05) is 0 Å². The summed E-state index contributed by atoms with van der Waals surface area (Å²) in [6, 6.07) is 7.61. The Labute approximate surface area is 122 Å². The van der Waals surface area contributed by atoms with Crippen molar-refractivity contribution in [2.24, 2.45) is 0 Å². The van der Waals surface area contributed by atoms with Crippen molar-refractivity contribution in [3.8, 4) is 0 Å². The summed E-state index contributed by atoms with van der Waals surface area (Å²) in [6.07, 6.45) is 1.20. The van der Waals surface area contributed by atoms with Crippen LogP contribution < -0.4 is 5.32 Å². The Morgan fingerprint density at radius 2 is 2.05 bits per heavy atom. The van der Waals surface area contributed by atoms with Crippen LogP contribution in [0.2, 0.25) is 0 Å². The summed E-state index contributed by atoms with van der Waals surface area (Å²) < 4.78 is 0. The molecule has 2 heteroatoms. The van der Waals surface area contributed by atoms with E-state index in [-0.39, 0.29) is 5.41 Å². The Balaban J connectivity index is 2.35. The number of fused-ring (bicyclic) bond motifs is 1. The smallest absolute Gasteiger partial charge is 0.0441 e. The molecule has 1 aliphatic rings. The minimum atomic E-state index is 0.234. The zero-order chi connectivity index (χ0) is 14.0. The lowest BCUT2D eigenvalue weighted by Gasteiger charge is -2.33. The summed E-state index contributed by atoms with van der Waals surface area (Å²) in [5.74, 6) is 1.16. The molecule has 1 aliphatic heterocycles. The molecule has 19 heavy (non-hydrogen) atoms. The van der Waals surface area contributed by atoms with Gasteiger partial charge in [0, 0.05) is 17.0 Å². The SMILES string of the molecule is CCCNC1c2cc(C(C)(C)C)ccc2CSC1C. The van der Waals surface area contributed by atoms with Crippen LogP contribution in [-0.4, -0.2) is 11.8 Å². The number of hydrogen-bond acceptors (Lipinski definition) is 2. The van der Waals surface area contributed by atoms with Crippen molar-refractivity contribution >= 4 is 11.8 Å². The molecule has 1 N–H and O–H groups in total. The van der Waals surface area contributed by atoms with E-state index < -0.39 is 0 Å². The van der Waals surface area contributed by atoms with Gasteiger partial charge >= 0.3 is 0 Å². The molecule has 0 bridgehead atoms. The molecule has 1 nitrogen and oxygen atoms in total. The van der Waals surface area contributed by atoms with Crippen LogP contribution in [0.4, 0.5) is 0 Å². The van der Waals surface area contributed by atoms with Gasteiger partial charge in [0.15, 0.2) is 0 Å². The number of thioether (sulfide) groups is 1. The number of hydrogen-bond donors (Lipinski definition) is 1. The summed E-state index contributed by atoms with van der Waals surface area (Å²) in [7, 11) is 0. The Hall–Kier alpha value is -0.470. The molecule has 106 valence electrons. The van der Waals surface area contributed by atoms with Gasteiger partial charge in [-0.05, 0) is 35.1 Å². The summed E-state index contributed by atoms with van der Waals surface area (Å²) in [5, 5.41) is 4.40. The summed E-state index contributed by atoms with van der Waals surface area (Å²) >= 11 is 2.07. The second kappa shape index (κ2) is 5.88. The third-order valence-corrected chi connectivity index (χ3v) is 5.21.